The second-order valence-corrected chi connectivity index (χ2v) is 7.45. The molecule has 0 radical (unpaired) electrons. The van der Waals surface area contributed by atoms with Crippen LogP contribution in [0.1, 0.15) is 34.1 Å². The molecule has 0 fully saturated rings. The van der Waals surface area contributed by atoms with E-state index < -0.39 is 17.2 Å². The minimum atomic E-state index is -0.678. The van der Waals surface area contributed by atoms with E-state index in [9.17, 15) is 9.18 Å². The molecule has 138 valence electrons. The molecule has 0 bridgehead atoms. The molecule has 0 amide bonds. The van der Waals surface area contributed by atoms with Crippen LogP contribution in [0.5, 0.6) is 5.75 Å². The van der Waals surface area contributed by atoms with E-state index in [2.05, 4.69) is 6.58 Å². The number of hydrogen-bond acceptors (Lipinski definition) is 3. The summed E-state index contributed by atoms with van der Waals surface area (Å²) < 4.78 is 24.5. The molecule has 0 aliphatic heterocycles. The van der Waals surface area contributed by atoms with E-state index in [0.29, 0.717) is 12.2 Å². The predicted molar refractivity (Wildman–Crippen MR) is 102 cm³/mol. The lowest BCUT2D eigenvalue weighted by molar-refractivity contribution is -0.154. The summed E-state index contributed by atoms with van der Waals surface area (Å²) in [5.74, 6) is 0.0105. The Balaban J connectivity index is 2.05. The fourth-order valence-corrected chi connectivity index (χ4v) is 3.09. The molecule has 0 unspecified atom stereocenters. The minimum Gasteiger partial charge on any atom is -0.488 e. The summed E-state index contributed by atoms with van der Waals surface area (Å²) in [5.41, 5.74) is 0.704. The monoisotopic (exact) mass is 356 g/mol. The van der Waals surface area contributed by atoms with Crippen molar-refractivity contribution in [3.63, 3.8) is 0 Å². The molecular weight excluding hydrogens is 331 g/mol. The number of carbonyl (C=O) groups excluding carboxylic acids is 1. The summed E-state index contributed by atoms with van der Waals surface area (Å²) in [6, 6.07) is 14.0. The standard InChI is InChI=1S/C22H25FO3/c1-6-20(24)26-22(4,5)15-21(2,3)25-19-13-9-17(10-14-19)16-7-11-18(23)12-8-16/h6-14H,1,15H2,2-5H3. The Hall–Kier alpha value is -2.62. The molecule has 0 aliphatic carbocycles. The Labute approximate surface area is 154 Å². The van der Waals surface area contributed by atoms with Crippen molar-refractivity contribution in [1.29, 1.82) is 0 Å². The zero-order valence-corrected chi connectivity index (χ0v) is 15.7. The van der Waals surface area contributed by atoms with Gasteiger partial charge in [-0.15, -0.1) is 0 Å². The van der Waals surface area contributed by atoms with E-state index in [-0.39, 0.29) is 5.82 Å². The Morgan fingerprint density at radius 2 is 1.46 bits per heavy atom. The third kappa shape index (κ3) is 5.73. The summed E-state index contributed by atoms with van der Waals surface area (Å²) in [6.07, 6.45) is 1.67. The van der Waals surface area contributed by atoms with Crippen LogP contribution >= 0.6 is 0 Å². The molecule has 2 rings (SSSR count). The van der Waals surface area contributed by atoms with Crippen LogP contribution in [0.2, 0.25) is 0 Å². The smallest absolute Gasteiger partial charge is 0.330 e. The number of esters is 1. The quantitative estimate of drug-likeness (QED) is 0.482. The van der Waals surface area contributed by atoms with Crippen molar-refractivity contribution in [2.75, 3.05) is 0 Å². The Morgan fingerprint density at radius 3 is 1.96 bits per heavy atom. The van der Waals surface area contributed by atoms with Crippen LogP contribution in [0.15, 0.2) is 61.2 Å². The van der Waals surface area contributed by atoms with Gasteiger partial charge in [-0.05, 0) is 63.1 Å². The van der Waals surface area contributed by atoms with Crippen LogP contribution in [-0.2, 0) is 9.53 Å². The molecule has 0 saturated carbocycles. The predicted octanol–water partition coefficient (Wildman–Crippen LogP) is 5.55. The molecule has 3 nitrogen and oxygen atoms in total. The fourth-order valence-electron chi connectivity index (χ4n) is 3.09. The molecule has 4 heteroatoms. The summed E-state index contributed by atoms with van der Waals surface area (Å²) in [5, 5.41) is 0. The fraction of sp³-hybridized carbons (Fsp3) is 0.318. The Morgan fingerprint density at radius 1 is 0.962 bits per heavy atom. The first-order valence-corrected chi connectivity index (χ1v) is 8.51. The van der Waals surface area contributed by atoms with Crippen LogP contribution in [0.3, 0.4) is 0 Å². The SMILES string of the molecule is C=CC(=O)OC(C)(C)CC(C)(C)Oc1ccc(-c2ccc(F)cc2)cc1. The van der Waals surface area contributed by atoms with Gasteiger partial charge in [0.05, 0.1) is 0 Å². The lowest BCUT2D eigenvalue weighted by Crippen LogP contribution is -2.40. The van der Waals surface area contributed by atoms with E-state index in [1.807, 2.05) is 52.0 Å². The molecule has 0 N–H and O–H groups in total. The van der Waals surface area contributed by atoms with Gasteiger partial charge in [0.15, 0.2) is 0 Å². The number of benzene rings is 2. The molecule has 0 aliphatic rings. The van der Waals surface area contributed by atoms with Crippen LogP contribution in [-0.4, -0.2) is 17.2 Å². The highest BCUT2D eigenvalue weighted by molar-refractivity contribution is 5.81. The lowest BCUT2D eigenvalue weighted by Gasteiger charge is -2.34. The first-order chi connectivity index (χ1) is 12.1. The van der Waals surface area contributed by atoms with Gasteiger partial charge in [0, 0.05) is 12.5 Å². The topological polar surface area (TPSA) is 35.5 Å². The molecule has 2 aromatic rings. The van der Waals surface area contributed by atoms with E-state index in [1.165, 1.54) is 12.1 Å². The van der Waals surface area contributed by atoms with Gasteiger partial charge in [0.25, 0.3) is 0 Å². The van der Waals surface area contributed by atoms with Crippen molar-refractivity contribution in [3.05, 3.63) is 67.0 Å². The van der Waals surface area contributed by atoms with Crippen molar-refractivity contribution in [2.45, 2.75) is 45.3 Å². The maximum atomic E-state index is 13.0. The normalized spacial score (nSPS) is 11.7. The first-order valence-electron chi connectivity index (χ1n) is 8.51. The Bertz CT molecular complexity index is 759. The average molecular weight is 356 g/mol. The summed E-state index contributed by atoms with van der Waals surface area (Å²) in [4.78, 5) is 11.5. The molecular formula is C22H25FO3. The van der Waals surface area contributed by atoms with Gasteiger partial charge in [-0.2, -0.15) is 0 Å². The van der Waals surface area contributed by atoms with E-state index in [4.69, 9.17) is 9.47 Å². The number of halogens is 1. The van der Waals surface area contributed by atoms with Gasteiger partial charge in [-0.1, -0.05) is 30.8 Å². The first kappa shape index (κ1) is 19.7. The van der Waals surface area contributed by atoms with Gasteiger partial charge in [0.2, 0.25) is 0 Å². The van der Waals surface area contributed by atoms with Crippen molar-refractivity contribution in [3.8, 4) is 16.9 Å². The molecule has 0 spiro atoms. The number of rotatable bonds is 7. The Kier molecular flexibility index (Phi) is 5.86. The van der Waals surface area contributed by atoms with Crippen LogP contribution in [0.25, 0.3) is 11.1 Å². The lowest BCUT2D eigenvalue weighted by atomic mass is 9.92. The number of hydrogen-bond donors (Lipinski definition) is 0. The molecule has 0 aromatic heterocycles. The summed E-state index contributed by atoms with van der Waals surface area (Å²) >= 11 is 0. The minimum absolute atomic E-state index is 0.254. The van der Waals surface area contributed by atoms with E-state index >= 15 is 0 Å². The maximum absolute atomic E-state index is 13.0. The van der Waals surface area contributed by atoms with Crippen LogP contribution in [0, 0.1) is 5.82 Å². The molecule has 26 heavy (non-hydrogen) atoms. The molecule has 0 saturated heterocycles. The summed E-state index contributed by atoms with van der Waals surface area (Å²) in [7, 11) is 0. The molecule has 0 heterocycles. The number of ether oxygens (including phenoxy) is 2. The number of carbonyl (C=O) groups is 1. The zero-order valence-electron chi connectivity index (χ0n) is 15.7. The largest absolute Gasteiger partial charge is 0.488 e. The van der Waals surface area contributed by atoms with E-state index in [1.54, 1.807) is 12.1 Å². The third-order valence-electron chi connectivity index (χ3n) is 3.82. The van der Waals surface area contributed by atoms with Crippen LogP contribution in [0.4, 0.5) is 4.39 Å². The van der Waals surface area contributed by atoms with Gasteiger partial charge < -0.3 is 9.47 Å². The van der Waals surface area contributed by atoms with Crippen molar-refractivity contribution in [1.82, 2.24) is 0 Å². The van der Waals surface area contributed by atoms with Crippen LogP contribution < -0.4 is 4.74 Å². The van der Waals surface area contributed by atoms with Crippen molar-refractivity contribution in [2.24, 2.45) is 0 Å². The average Bonchev–Trinajstić information content (AvgIpc) is 2.54. The summed E-state index contributed by atoms with van der Waals surface area (Å²) in [6.45, 7) is 11.0. The maximum Gasteiger partial charge on any atom is 0.330 e. The molecule has 2 aromatic carbocycles. The second kappa shape index (κ2) is 7.73. The second-order valence-electron chi connectivity index (χ2n) is 7.45. The van der Waals surface area contributed by atoms with Crippen molar-refractivity contribution < 1.29 is 18.7 Å². The van der Waals surface area contributed by atoms with E-state index in [0.717, 1.165) is 17.2 Å². The van der Waals surface area contributed by atoms with Gasteiger partial charge in [-0.3, -0.25) is 0 Å². The van der Waals surface area contributed by atoms with Gasteiger partial charge in [0.1, 0.15) is 22.8 Å². The van der Waals surface area contributed by atoms with Crippen molar-refractivity contribution >= 4 is 5.97 Å². The van der Waals surface area contributed by atoms with Gasteiger partial charge in [-0.25, -0.2) is 9.18 Å². The molecule has 0 atom stereocenters. The van der Waals surface area contributed by atoms with Gasteiger partial charge >= 0.3 is 5.97 Å². The third-order valence-corrected chi connectivity index (χ3v) is 3.82. The highest BCUT2D eigenvalue weighted by atomic mass is 19.1. The highest BCUT2D eigenvalue weighted by Gasteiger charge is 2.33. The zero-order chi connectivity index (χ0) is 19.4. The highest BCUT2D eigenvalue weighted by Crippen LogP contribution is 2.30.